The minimum absolute atomic E-state index is 0.485. The van der Waals surface area contributed by atoms with Crippen LogP contribution in [0, 0.1) is 0 Å². The molecule has 0 saturated heterocycles. The van der Waals surface area contributed by atoms with E-state index in [4.69, 9.17) is 10.5 Å². The van der Waals surface area contributed by atoms with E-state index in [1.165, 1.54) is 18.4 Å². The third-order valence-electron chi connectivity index (χ3n) is 3.12. The predicted molar refractivity (Wildman–Crippen MR) is 82.4 cm³/mol. The second kappa shape index (κ2) is 9.82. The molecule has 0 aliphatic heterocycles. The quantitative estimate of drug-likeness (QED) is 0.504. The largest absolute Gasteiger partial charge is 0.399 e. The number of benzene rings is 1. The molecule has 0 amide bonds. The van der Waals surface area contributed by atoms with Gasteiger partial charge in [0, 0.05) is 24.9 Å². The van der Waals surface area contributed by atoms with Gasteiger partial charge in [-0.15, -0.1) is 0 Å². The highest BCUT2D eigenvalue weighted by Gasteiger charge is 2.02. The fourth-order valence-corrected chi connectivity index (χ4v) is 1.95. The maximum Gasteiger partial charge on any atom is 0.0478 e. The molecule has 0 heterocycles. The Hall–Kier alpha value is -1.06. The molecule has 0 fully saturated rings. The predicted octanol–water partition coefficient (Wildman–Crippen LogP) is 3.00. The molecule has 19 heavy (non-hydrogen) atoms. The summed E-state index contributed by atoms with van der Waals surface area (Å²) in [5.74, 6) is 0. The first-order valence-corrected chi connectivity index (χ1v) is 7.38. The number of ether oxygens (including phenoxy) is 1. The molecule has 0 saturated carbocycles. The fourth-order valence-electron chi connectivity index (χ4n) is 1.95. The molecule has 108 valence electrons. The second-order valence-electron chi connectivity index (χ2n) is 5.12. The van der Waals surface area contributed by atoms with Crippen LogP contribution in [-0.2, 0) is 11.2 Å². The van der Waals surface area contributed by atoms with Crippen molar-refractivity contribution in [2.75, 3.05) is 25.5 Å². The lowest BCUT2D eigenvalue weighted by Gasteiger charge is -2.14. The Kier molecular flexibility index (Phi) is 8.26. The molecule has 3 N–H and O–H groups in total. The SMILES string of the molecule is CCCCOCCCNC(C)Cc1ccc(N)cc1. The summed E-state index contributed by atoms with van der Waals surface area (Å²) in [6.07, 6.45) is 4.49. The molecule has 0 aliphatic rings. The molecule has 1 unspecified atom stereocenters. The van der Waals surface area contributed by atoms with Gasteiger partial charge in [-0.05, 0) is 50.4 Å². The summed E-state index contributed by atoms with van der Waals surface area (Å²) in [6, 6.07) is 8.61. The molecule has 1 atom stereocenters. The summed E-state index contributed by atoms with van der Waals surface area (Å²) in [7, 11) is 0. The van der Waals surface area contributed by atoms with Crippen molar-refractivity contribution < 1.29 is 4.74 Å². The van der Waals surface area contributed by atoms with Gasteiger partial charge in [0.25, 0.3) is 0 Å². The number of anilines is 1. The average Bonchev–Trinajstić information content (AvgIpc) is 2.40. The first kappa shape index (κ1) is 16.0. The van der Waals surface area contributed by atoms with Crippen molar-refractivity contribution in [3.63, 3.8) is 0 Å². The van der Waals surface area contributed by atoms with Crippen LogP contribution in [0.25, 0.3) is 0 Å². The van der Waals surface area contributed by atoms with Gasteiger partial charge < -0.3 is 15.8 Å². The summed E-state index contributed by atoms with van der Waals surface area (Å²) in [4.78, 5) is 0. The van der Waals surface area contributed by atoms with E-state index in [1.807, 2.05) is 12.1 Å². The molecule has 3 heteroatoms. The number of unbranched alkanes of at least 4 members (excludes halogenated alkanes) is 1. The van der Waals surface area contributed by atoms with E-state index in [9.17, 15) is 0 Å². The van der Waals surface area contributed by atoms with Crippen LogP contribution in [0.1, 0.15) is 38.7 Å². The van der Waals surface area contributed by atoms with Crippen molar-refractivity contribution in [2.24, 2.45) is 0 Å². The highest BCUT2D eigenvalue weighted by Crippen LogP contribution is 2.07. The van der Waals surface area contributed by atoms with Crippen LogP contribution in [0.15, 0.2) is 24.3 Å². The zero-order valence-electron chi connectivity index (χ0n) is 12.3. The number of nitrogens with one attached hydrogen (secondary N) is 1. The van der Waals surface area contributed by atoms with E-state index in [0.29, 0.717) is 6.04 Å². The number of nitrogen functional groups attached to an aromatic ring is 1. The third kappa shape index (κ3) is 7.85. The molecule has 0 radical (unpaired) electrons. The highest BCUT2D eigenvalue weighted by molar-refractivity contribution is 5.39. The Balaban J connectivity index is 2.04. The summed E-state index contributed by atoms with van der Waals surface area (Å²) in [5, 5.41) is 3.53. The molecule has 1 aromatic carbocycles. The van der Waals surface area contributed by atoms with Crippen molar-refractivity contribution in [1.29, 1.82) is 0 Å². The van der Waals surface area contributed by atoms with Crippen LogP contribution in [0.2, 0.25) is 0 Å². The fraction of sp³-hybridized carbons (Fsp3) is 0.625. The lowest BCUT2D eigenvalue weighted by atomic mass is 10.1. The van der Waals surface area contributed by atoms with Crippen molar-refractivity contribution in [3.05, 3.63) is 29.8 Å². The van der Waals surface area contributed by atoms with Crippen LogP contribution in [0.4, 0.5) is 5.69 Å². The van der Waals surface area contributed by atoms with Gasteiger partial charge in [0.05, 0.1) is 0 Å². The van der Waals surface area contributed by atoms with E-state index in [1.54, 1.807) is 0 Å². The molecule has 0 bridgehead atoms. The molecule has 1 aromatic rings. The molecule has 1 rings (SSSR count). The zero-order chi connectivity index (χ0) is 13.9. The van der Waals surface area contributed by atoms with Gasteiger partial charge >= 0.3 is 0 Å². The maximum atomic E-state index is 5.68. The number of hydrogen-bond acceptors (Lipinski definition) is 3. The van der Waals surface area contributed by atoms with E-state index >= 15 is 0 Å². The van der Waals surface area contributed by atoms with Crippen LogP contribution >= 0.6 is 0 Å². The summed E-state index contributed by atoms with van der Waals surface area (Å²) in [6.45, 7) is 7.18. The topological polar surface area (TPSA) is 47.3 Å². The number of rotatable bonds is 10. The van der Waals surface area contributed by atoms with Gasteiger partial charge in [-0.2, -0.15) is 0 Å². The Bertz CT molecular complexity index is 324. The van der Waals surface area contributed by atoms with Gasteiger partial charge in [-0.1, -0.05) is 25.5 Å². The second-order valence-corrected chi connectivity index (χ2v) is 5.12. The first-order chi connectivity index (χ1) is 9.22. The highest BCUT2D eigenvalue weighted by atomic mass is 16.5. The molecule has 0 spiro atoms. The third-order valence-corrected chi connectivity index (χ3v) is 3.12. The summed E-state index contributed by atoms with van der Waals surface area (Å²) >= 11 is 0. The van der Waals surface area contributed by atoms with E-state index in [0.717, 1.165) is 38.3 Å². The lowest BCUT2D eigenvalue weighted by Crippen LogP contribution is -2.29. The van der Waals surface area contributed by atoms with Crippen molar-refractivity contribution in [2.45, 2.75) is 45.6 Å². The Morgan fingerprint density at radius 1 is 1.16 bits per heavy atom. The molecule has 0 aromatic heterocycles. The molecular weight excluding hydrogens is 236 g/mol. The molecule has 3 nitrogen and oxygen atoms in total. The van der Waals surface area contributed by atoms with Crippen LogP contribution in [-0.4, -0.2) is 25.8 Å². The normalized spacial score (nSPS) is 12.5. The smallest absolute Gasteiger partial charge is 0.0478 e. The average molecular weight is 264 g/mol. The van der Waals surface area contributed by atoms with Gasteiger partial charge in [0.15, 0.2) is 0 Å². The van der Waals surface area contributed by atoms with Crippen LogP contribution in [0.3, 0.4) is 0 Å². The molecule has 0 aliphatic carbocycles. The molecular formula is C16H28N2O. The van der Waals surface area contributed by atoms with Crippen LogP contribution < -0.4 is 11.1 Å². The Morgan fingerprint density at radius 2 is 1.84 bits per heavy atom. The summed E-state index contributed by atoms with van der Waals surface area (Å²) < 4.78 is 5.53. The zero-order valence-corrected chi connectivity index (χ0v) is 12.3. The standard InChI is InChI=1S/C16H28N2O/c1-3-4-11-19-12-5-10-18-14(2)13-15-6-8-16(17)9-7-15/h6-9,14,18H,3-5,10-13,17H2,1-2H3. The van der Waals surface area contributed by atoms with Gasteiger partial charge in [0.2, 0.25) is 0 Å². The first-order valence-electron chi connectivity index (χ1n) is 7.38. The number of nitrogens with two attached hydrogens (primary N) is 1. The van der Waals surface area contributed by atoms with Crippen molar-refractivity contribution >= 4 is 5.69 Å². The van der Waals surface area contributed by atoms with Crippen molar-refractivity contribution in [1.82, 2.24) is 5.32 Å². The maximum absolute atomic E-state index is 5.68. The van der Waals surface area contributed by atoms with E-state index < -0.39 is 0 Å². The minimum Gasteiger partial charge on any atom is -0.399 e. The van der Waals surface area contributed by atoms with Gasteiger partial charge in [0.1, 0.15) is 0 Å². The monoisotopic (exact) mass is 264 g/mol. The Labute approximate surface area is 117 Å². The van der Waals surface area contributed by atoms with Gasteiger partial charge in [-0.3, -0.25) is 0 Å². The lowest BCUT2D eigenvalue weighted by molar-refractivity contribution is 0.128. The van der Waals surface area contributed by atoms with Gasteiger partial charge in [-0.25, -0.2) is 0 Å². The van der Waals surface area contributed by atoms with Crippen molar-refractivity contribution in [3.8, 4) is 0 Å². The van der Waals surface area contributed by atoms with E-state index in [2.05, 4.69) is 31.3 Å². The summed E-state index contributed by atoms with van der Waals surface area (Å²) in [5.41, 5.74) is 7.83. The van der Waals surface area contributed by atoms with E-state index in [-0.39, 0.29) is 0 Å². The number of hydrogen-bond donors (Lipinski definition) is 2. The van der Waals surface area contributed by atoms with Crippen LogP contribution in [0.5, 0.6) is 0 Å². The minimum atomic E-state index is 0.485. The Morgan fingerprint density at radius 3 is 2.53 bits per heavy atom.